The summed E-state index contributed by atoms with van der Waals surface area (Å²) in [6.45, 7) is 3.29. The Morgan fingerprint density at radius 2 is 1.39 bits per heavy atom. The summed E-state index contributed by atoms with van der Waals surface area (Å²) in [6.07, 6.45) is 1.87. The van der Waals surface area contributed by atoms with E-state index in [-0.39, 0.29) is 12.1 Å². The van der Waals surface area contributed by atoms with Gasteiger partial charge in [0, 0.05) is 13.1 Å². The van der Waals surface area contributed by atoms with Crippen LogP contribution < -0.4 is 14.8 Å². The van der Waals surface area contributed by atoms with Gasteiger partial charge in [-0.3, -0.25) is 0 Å². The number of hydrogen-bond acceptors (Lipinski definition) is 3. The number of urea groups is 1. The Labute approximate surface area is 196 Å². The van der Waals surface area contributed by atoms with Crippen LogP contribution in [0, 0.1) is 0 Å². The van der Waals surface area contributed by atoms with E-state index in [0.717, 1.165) is 47.6 Å². The van der Waals surface area contributed by atoms with E-state index in [1.54, 1.807) is 14.2 Å². The van der Waals surface area contributed by atoms with Gasteiger partial charge in [0.2, 0.25) is 0 Å². The predicted molar refractivity (Wildman–Crippen MR) is 131 cm³/mol. The number of carbonyl (C=O) groups is 1. The van der Waals surface area contributed by atoms with E-state index in [9.17, 15) is 4.79 Å². The van der Waals surface area contributed by atoms with Gasteiger partial charge in [-0.2, -0.15) is 0 Å². The lowest BCUT2D eigenvalue weighted by Gasteiger charge is -2.45. The fraction of sp³-hybridized carbons (Fsp3) is 0.321. The van der Waals surface area contributed by atoms with Crippen LogP contribution in [0.15, 0.2) is 78.9 Å². The van der Waals surface area contributed by atoms with Crippen LogP contribution in [-0.2, 0) is 5.41 Å². The van der Waals surface area contributed by atoms with Gasteiger partial charge in [0.05, 0.1) is 25.7 Å². The standard InChI is InChI=1S/C28H32N2O3/c1-4-29-27(31)30-20-8-11-26(30)28(21-9-6-5-7-10-21,22-12-16-24(32-2)17-13-22)23-14-18-25(33-3)19-15-23/h5-7,9-10,12-19,26H,4,8,11,20H2,1-3H3,(H,29,31)/t26-/m0/s1. The van der Waals surface area contributed by atoms with E-state index in [1.165, 1.54) is 0 Å². The Morgan fingerprint density at radius 1 is 0.879 bits per heavy atom. The van der Waals surface area contributed by atoms with Gasteiger partial charge in [-0.25, -0.2) is 4.79 Å². The average Bonchev–Trinajstić information content (AvgIpc) is 3.36. The highest BCUT2D eigenvalue weighted by Crippen LogP contribution is 2.48. The van der Waals surface area contributed by atoms with Gasteiger partial charge < -0.3 is 19.7 Å². The third-order valence-corrected chi connectivity index (χ3v) is 6.66. The molecule has 0 radical (unpaired) electrons. The van der Waals surface area contributed by atoms with E-state index >= 15 is 0 Å². The van der Waals surface area contributed by atoms with Crippen LogP contribution in [0.3, 0.4) is 0 Å². The van der Waals surface area contributed by atoms with Crippen molar-refractivity contribution < 1.29 is 14.3 Å². The molecule has 1 fully saturated rings. The molecule has 1 atom stereocenters. The van der Waals surface area contributed by atoms with Gasteiger partial charge in [-0.15, -0.1) is 0 Å². The summed E-state index contributed by atoms with van der Waals surface area (Å²) in [4.78, 5) is 15.2. The van der Waals surface area contributed by atoms with Crippen LogP contribution in [0.5, 0.6) is 11.5 Å². The van der Waals surface area contributed by atoms with Crippen molar-refractivity contribution in [2.75, 3.05) is 27.3 Å². The maximum absolute atomic E-state index is 13.2. The Bertz CT molecular complexity index is 1000. The first-order chi connectivity index (χ1) is 16.1. The second-order valence-corrected chi connectivity index (χ2v) is 8.32. The summed E-state index contributed by atoms with van der Waals surface area (Å²) >= 11 is 0. The lowest BCUT2D eigenvalue weighted by Crippen LogP contribution is -2.53. The molecule has 1 aliphatic rings. The van der Waals surface area contributed by atoms with Crippen molar-refractivity contribution in [2.45, 2.75) is 31.2 Å². The van der Waals surface area contributed by atoms with E-state index < -0.39 is 5.41 Å². The summed E-state index contributed by atoms with van der Waals surface area (Å²) in [6, 6.07) is 27.0. The zero-order chi connectivity index (χ0) is 23.3. The molecule has 0 bridgehead atoms. The highest BCUT2D eigenvalue weighted by atomic mass is 16.5. The SMILES string of the molecule is CCNC(=O)N1CCC[C@H]1C(c1ccccc1)(c1ccc(OC)cc1)c1ccc(OC)cc1. The molecule has 0 unspecified atom stereocenters. The monoisotopic (exact) mass is 444 g/mol. The van der Waals surface area contributed by atoms with Crippen LogP contribution in [0.1, 0.15) is 36.5 Å². The topological polar surface area (TPSA) is 50.8 Å². The number of benzene rings is 3. The highest BCUT2D eigenvalue weighted by molar-refractivity contribution is 5.76. The first kappa shape index (κ1) is 22.7. The van der Waals surface area contributed by atoms with Crippen LogP contribution in [0.4, 0.5) is 4.79 Å². The minimum atomic E-state index is -0.554. The second kappa shape index (κ2) is 9.99. The number of carbonyl (C=O) groups excluding carboxylic acids is 1. The molecule has 5 nitrogen and oxygen atoms in total. The number of nitrogens with zero attached hydrogens (tertiary/aromatic N) is 1. The summed E-state index contributed by atoms with van der Waals surface area (Å²) in [5.74, 6) is 1.62. The second-order valence-electron chi connectivity index (χ2n) is 8.32. The molecular formula is C28H32N2O3. The lowest BCUT2D eigenvalue weighted by atomic mass is 9.64. The van der Waals surface area contributed by atoms with Crippen LogP contribution in [0.2, 0.25) is 0 Å². The molecule has 1 N–H and O–H groups in total. The molecule has 0 spiro atoms. The number of ether oxygens (including phenoxy) is 2. The Balaban J connectivity index is 2.00. The first-order valence-corrected chi connectivity index (χ1v) is 11.5. The van der Waals surface area contributed by atoms with Crippen LogP contribution in [-0.4, -0.2) is 44.3 Å². The molecule has 172 valence electrons. The molecule has 2 amide bonds. The molecule has 4 rings (SSSR count). The maximum atomic E-state index is 13.2. The van der Waals surface area contributed by atoms with E-state index in [2.05, 4.69) is 53.8 Å². The first-order valence-electron chi connectivity index (χ1n) is 11.5. The van der Waals surface area contributed by atoms with Gasteiger partial charge in [0.25, 0.3) is 0 Å². The minimum absolute atomic E-state index is 0.0117. The van der Waals surface area contributed by atoms with Crippen LogP contribution >= 0.6 is 0 Å². The van der Waals surface area contributed by atoms with Gasteiger partial charge in [-0.05, 0) is 60.7 Å². The fourth-order valence-corrected chi connectivity index (χ4v) is 5.20. The van der Waals surface area contributed by atoms with E-state index in [0.29, 0.717) is 6.54 Å². The lowest BCUT2D eigenvalue weighted by molar-refractivity contribution is 0.178. The van der Waals surface area contributed by atoms with Crippen molar-refractivity contribution in [3.63, 3.8) is 0 Å². The van der Waals surface area contributed by atoms with Crippen molar-refractivity contribution in [1.82, 2.24) is 10.2 Å². The van der Waals surface area contributed by atoms with Gasteiger partial charge in [0.15, 0.2) is 0 Å². The van der Waals surface area contributed by atoms with Gasteiger partial charge in [-0.1, -0.05) is 54.6 Å². The predicted octanol–water partition coefficient (Wildman–Crippen LogP) is 5.23. The smallest absolute Gasteiger partial charge is 0.317 e. The molecule has 1 aliphatic heterocycles. The average molecular weight is 445 g/mol. The molecule has 0 aliphatic carbocycles. The number of rotatable bonds is 7. The van der Waals surface area contributed by atoms with Gasteiger partial charge >= 0.3 is 6.03 Å². The molecule has 5 heteroatoms. The van der Waals surface area contributed by atoms with Crippen molar-refractivity contribution in [3.8, 4) is 11.5 Å². The van der Waals surface area contributed by atoms with E-state index in [4.69, 9.17) is 9.47 Å². The molecule has 3 aromatic carbocycles. The normalized spacial score (nSPS) is 15.8. The summed E-state index contributed by atoms with van der Waals surface area (Å²) < 4.78 is 10.9. The molecule has 1 saturated heterocycles. The number of nitrogens with one attached hydrogen (secondary N) is 1. The third-order valence-electron chi connectivity index (χ3n) is 6.66. The zero-order valence-electron chi connectivity index (χ0n) is 19.6. The Morgan fingerprint density at radius 3 is 1.88 bits per heavy atom. The number of likely N-dealkylation sites (tertiary alicyclic amines) is 1. The maximum Gasteiger partial charge on any atom is 0.317 e. The van der Waals surface area contributed by atoms with Crippen molar-refractivity contribution in [3.05, 3.63) is 95.6 Å². The van der Waals surface area contributed by atoms with Crippen LogP contribution in [0.25, 0.3) is 0 Å². The van der Waals surface area contributed by atoms with Crippen molar-refractivity contribution in [2.24, 2.45) is 0 Å². The molecular weight excluding hydrogens is 412 g/mol. The number of hydrogen-bond donors (Lipinski definition) is 1. The molecule has 0 saturated carbocycles. The molecule has 0 aromatic heterocycles. The summed E-state index contributed by atoms with van der Waals surface area (Å²) in [5, 5.41) is 3.03. The zero-order valence-corrected chi connectivity index (χ0v) is 19.6. The molecule has 3 aromatic rings. The molecule has 1 heterocycles. The quantitative estimate of drug-likeness (QED) is 0.508. The summed E-state index contributed by atoms with van der Waals surface area (Å²) in [5.41, 5.74) is 2.85. The number of methoxy groups -OCH3 is 2. The Kier molecular flexibility index (Phi) is 6.87. The van der Waals surface area contributed by atoms with Gasteiger partial charge in [0.1, 0.15) is 11.5 Å². The van der Waals surface area contributed by atoms with Crippen molar-refractivity contribution >= 4 is 6.03 Å². The Hall–Kier alpha value is -3.47. The van der Waals surface area contributed by atoms with E-state index in [1.807, 2.05) is 42.2 Å². The van der Waals surface area contributed by atoms with Crippen molar-refractivity contribution in [1.29, 1.82) is 0 Å². The molecule has 33 heavy (non-hydrogen) atoms. The largest absolute Gasteiger partial charge is 0.497 e. The fourth-order valence-electron chi connectivity index (χ4n) is 5.20. The third kappa shape index (κ3) is 4.15. The highest BCUT2D eigenvalue weighted by Gasteiger charge is 2.49. The number of amides is 2. The summed E-state index contributed by atoms with van der Waals surface area (Å²) in [7, 11) is 3.35. The minimum Gasteiger partial charge on any atom is -0.497 e.